The molecule has 24 heavy (non-hydrogen) atoms. The molecule has 0 radical (unpaired) electrons. The zero-order chi connectivity index (χ0) is 16.4. The van der Waals surface area contributed by atoms with Crippen molar-refractivity contribution < 1.29 is 4.74 Å². The van der Waals surface area contributed by atoms with Crippen LogP contribution >= 0.6 is 0 Å². The molecule has 0 saturated carbocycles. The van der Waals surface area contributed by atoms with Gasteiger partial charge in [0.2, 0.25) is 0 Å². The van der Waals surface area contributed by atoms with Crippen LogP contribution in [0.25, 0.3) is 22.4 Å². The highest BCUT2D eigenvalue weighted by Crippen LogP contribution is 2.24. The number of rotatable bonds is 4. The van der Waals surface area contributed by atoms with Gasteiger partial charge in [-0.3, -0.25) is 0 Å². The van der Waals surface area contributed by atoms with Gasteiger partial charge in [0.1, 0.15) is 11.6 Å². The second kappa shape index (κ2) is 6.20. The van der Waals surface area contributed by atoms with E-state index in [0.717, 1.165) is 34.6 Å². The third kappa shape index (κ3) is 2.76. The van der Waals surface area contributed by atoms with Gasteiger partial charge in [0.25, 0.3) is 0 Å². The number of para-hydroxylation sites is 3. The number of hydrogen-bond donors (Lipinski definition) is 1. The fourth-order valence-corrected chi connectivity index (χ4v) is 2.94. The van der Waals surface area contributed by atoms with Gasteiger partial charge in [-0.25, -0.2) is 4.98 Å². The molecule has 0 amide bonds. The summed E-state index contributed by atoms with van der Waals surface area (Å²) in [5.74, 6) is 1.83. The standard InChI is InChI=1S/C21H18N2O/c1-24-20-9-5-2-6-17(20)14-15-10-12-16(13-11-15)21-22-18-7-3-4-8-19(18)23-21/h2-13H,14H2,1H3,(H,22,23). The van der Waals surface area contributed by atoms with E-state index in [1.165, 1.54) is 11.1 Å². The maximum Gasteiger partial charge on any atom is 0.138 e. The van der Waals surface area contributed by atoms with Crippen LogP contribution in [-0.4, -0.2) is 17.1 Å². The Hall–Kier alpha value is -3.07. The van der Waals surface area contributed by atoms with Crippen molar-refractivity contribution in [3.8, 4) is 17.1 Å². The number of ether oxygens (including phenoxy) is 1. The summed E-state index contributed by atoms with van der Waals surface area (Å²) in [6, 6.07) is 24.7. The molecular formula is C21H18N2O. The van der Waals surface area contributed by atoms with Crippen molar-refractivity contribution >= 4 is 11.0 Å². The van der Waals surface area contributed by atoms with Crippen LogP contribution in [0.2, 0.25) is 0 Å². The summed E-state index contributed by atoms with van der Waals surface area (Å²) in [4.78, 5) is 8.02. The fraction of sp³-hybridized carbons (Fsp3) is 0.0952. The quantitative estimate of drug-likeness (QED) is 0.586. The van der Waals surface area contributed by atoms with Crippen molar-refractivity contribution in [2.75, 3.05) is 7.11 Å². The lowest BCUT2D eigenvalue weighted by Gasteiger charge is -2.08. The summed E-state index contributed by atoms with van der Waals surface area (Å²) in [6.45, 7) is 0. The molecule has 1 aromatic heterocycles. The fourth-order valence-electron chi connectivity index (χ4n) is 2.94. The summed E-state index contributed by atoms with van der Waals surface area (Å²) in [5, 5.41) is 0. The molecule has 118 valence electrons. The number of imidazole rings is 1. The van der Waals surface area contributed by atoms with Crippen LogP contribution in [0, 0.1) is 0 Å². The monoisotopic (exact) mass is 314 g/mol. The predicted molar refractivity (Wildman–Crippen MR) is 97.3 cm³/mol. The highest BCUT2D eigenvalue weighted by molar-refractivity contribution is 5.79. The molecule has 0 atom stereocenters. The molecule has 0 aliphatic heterocycles. The molecule has 3 heteroatoms. The predicted octanol–water partition coefficient (Wildman–Crippen LogP) is 4.83. The number of benzene rings is 3. The Morgan fingerprint density at radius 3 is 2.42 bits per heavy atom. The zero-order valence-electron chi connectivity index (χ0n) is 13.5. The molecule has 4 rings (SSSR count). The number of nitrogens with one attached hydrogen (secondary N) is 1. The van der Waals surface area contributed by atoms with E-state index in [1.54, 1.807) is 7.11 Å². The highest BCUT2D eigenvalue weighted by atomic mass is 16.5. The summed E-state index contributed by atoms with van der Waals surface area (Å²) >= 11 is 0. The van der Waals surface area contributed by atoms with Crippen molar-refractivity contribution in [2.45, 2.75) is 6.42 Å². The third-order valence-corrected chi connectivity index (χ3v) is 4.20. The van der Waals surface area contributed by atoms with Crippen LogP contribution < -0.4 is 4.74 Å². The van der Waals surface area contributed by atoms with Crippen LogP contribution in [0.15, 0.2) is 72.8 Å². The van der Waals surface area contributed by atoms with Gasteiger partial charge in [-0.05, 0) is 29.3 Å². The highest BCUT2D eigenvalue weighted by Gasteiger charge is 2.06. The molecule has 3 nitrogen and oxygen atoms in total. The molecule has 0 spiro atoms. The lowest BCUT2D eigenvalue weighted by Crippen LogP contribution is -1.93. The van der Waals surface area contributed by atoms with Crippen molar-refractivity contribution in [3.63, 3.8) is 0 Å². The molecule has 4 aromatic rings. The van der Waals surface area contributed by atoms with E-state index in [0.29, 0.717) is 0 Å². The van der Waals surface area contributed by atoms with Crippen LogP contribution in [0.3, 0.4) is 0 Å². The summed E-state index contributed by atoms with van der Waals surface area (Å²) < 4.78 is 5.43. The SMILES string of the molecule is COc1ccccc1Cc1ccc(-c2nc3ccccc3[nH]2)cc1. The molecular weight excluding hydrogens is 296 g/mol. The number of fused-ring (bicyclic) bond motifs is 1. The van der Waals surface area contributed by atoms with Crippen LogP contribution in [0.4, 0.5) is 0 Å². The lowest BCUT2D eigenvalue weighted by atomic mass is 10.0. The van der Waals surface area contributed by atoms with Crippen LogP contribution in [0.5, 0.6) is 5.75 Å². The normalized spacial score (nSPS) is 10.9. The van der Waals surface area contributed by atoms with E-state index >= 15 is 0 Å². The van der Waals surface area contributed by atoms with Crippen LogP contribution in [-0.2, 0) is 6.42 Å². The molecule has 0 aliphatic carbocycles. The summed E-state index contributed by atoms with van der Waals surface area (Å²) in [5.41, 5.74) is 5.59. The number of nitrogens with zero attached hydrogens (tertiary/aromatic N) is 1. The number of aromatic nitrogens is 2. The van der Waals surface area contributed by atoms with E-state index in [9.17, 15) is 0 Å². The first kappa shape index (κ1) is 14.5. The Morgan fingerprint density at radius 2 is 1.62 bits per heavy atom. The van der Waals surface area contributed by atoms with E-state index in [-0.39, 0.29) is 0 Å². The third-order valence-electron chi connectivity index (χ3n) is 4.20. The Labute approximate surface area is 140 Å². The van der Waals surface area contributed by atoms with Crippen molar-refractivity contribution in [3.05, 3.63) is 83.9 Å². The van der Waals surface area contributed by atoms with E-state index in [2.05, 4.69) is 40.3 Å². The molecule has 0 fully saturated rings. The molecule has 0 bridgehead atoms. The number of H-pyrrole nitrogens is 1. The molecule has 0 saturated heterocycles. The van der Waals surface area contributed by atoms with Gasteiger partial charge in [0.15, 0.2) is 0 Å². The van der Waals surface area contributed by atoms with E-state index in [4.69, 9.17) is 4.74 Å². The molecule has 0 aliphatic rings. The van der Waals surface area contributed by atoms with Gasteiger partial charge < -0.3 is 9.72 Å². The Kier molecular flexibility index (Phi) is 3.75. The van der Waals surface area contributed by atoms with Gasteiger partial charge in [-0.2, -0.15) is 0 Å². The first-order chi connectivity index (χ1) is 11.8. The topological polar surface area (TPSA) is 37.9 Å². The van der Waals surface area contributed by atoms with Crippen molar-refractivity contribution in [1.82, 2.24) is 9.97 Å². The van der Waals surface area contributed by atoms with Gasteiger partial charge in [-0.1, -0.05) is 54.6 Å². The first-order valence-electron chi connectivity index (χ1n) is 7.99. The summed E-state index contributed by atoms with van der Waals surface area (Å²) in [6.07, 6.45) is 0.852. The molecule has 1 N–H and O–H groups in total. The second-order valence-corrected chi connectivity index (χ2v) is 5.79. The number of hydrogen-bond acceptors (Lipinski definition) is 2. The number of methoxy groups -OCH3 is 1. The van der Waals surface area contributed by atoms with Crippen molar-refractivity contribution in [1.29, 1.82) is 0 Å². The van der Waals surface area contributed by atoms with E-state index < -0.39 is 0 Å². The molecule has 1 heterocycles. The molecule has 3 aromatic carbocycles. The average Bonchev–Trinajstić information content (AvgIpc) is 3.07. The first-order valence-corrected chi connectivity index (χ1v) is 7.99. The van der Waals surface area contributed by atoms with Gasteiger partial charge in [0, 0.05) is 12.0 Å². The number of aromatic amines is 1. The summed E-state index contributed by atoms with van der Waals surface area (Å²) in [7, 11) is 1.71. The maximum atomic E-state index is 5.43. The Bertz CT molecular complexity index is 937. The smallest absolute Gasteiger partial charge is 0.138 e. The average molecular weight is 314 g/mol. The van der Waals surface area contributed by atoms with Gasteiger partial charge >= 0.3 is 0 Å². The second-order valence-electron chi connectivity index (χ2n) is 5.79. The largest absolute Gasteiger partial charge is 0.496 e. The zero-order valence-corrected chi connectivity index (χ0v) is 13.5. The van der Waals surface area contributed by atoms with Crippen LogP contribution in [0.1, 0.15) is 11.1 Å². The van der Waals surface area contributed by atoms with Crippen molar-refractivity contribution in [2.24, 2.45) is 0 Å². The molecule has 0 unspecified atom stereocenters. The lowest BCUT2D eigenvalue weighted by molar-refractivity contribution is 0.410. The van der Waals surface area contributed by atoms with E-state index in [1.807, 2.05) is 42.5 Å². The minimum atomic E-state index is 0.852. The van der Waals surface area contributed by atoms with Gasteiger partial charge in [-0.15, -0.1) is 0 Å². The minimum Gasteiger partial charge on any atom is -0.496 e. The maximum absolute atomic E-state index is 5.43. The minimum absolute atomic E-state index is 0.852. The Balaban J connectivity index is 1.60. The Morgan fingerprint density at radius 1 is 0.875 bits per heavy atom. The van der Waals surface area contributed by atoms with Gasteiger partial charge in [0.05, 0.1) is 18.1 Å².